The minimum Gasteiger partial charge on any atom is -0.289 e. The predicted octanol–water partition coefficient (Wildman–Crippen LogP) is 4.69. The van der Waals surface area contributed by atoms with Crippen LogP contribution in [-0.2, 0) is 0 Å². The molecule has 0 saturated carbocycles. The third-order valence-electron chi connectivity index (χ3n) is 4.75. The van der Waals surface area contributed by atoms with Gasteiger partial charge in [-0.05, 0) is 17.7 Å². The van der Waals surface area contributed by atoms with Crippen LogP contribution in [0.5, 0.6) is 0 Å². The standard InChI is InChI=1S/C22H13NO2S/c24-21-14-8-4-5-9-15(14)22(25)19-16(21)10-11-18-20(19)23-17(12-26-18)13-6-2-1-3-7-13/h1-11H,12H2. The highest BCUT2D eigenvalue weighted by Crippen LogP contribution is 2.42. The van der Waals surface area contributed by atoms with Gasteiger partial charge in [0.05, 0.1) is 17.0 Å². The van der Waals surface area contributed by atoms with E-state index in [4.69, 9.17) is 4.99 Å². The lowest BCUT2D eigenvalue weighted by molar-refractivity contribution is 0.0979. The monoisotopic (exact) mass is 355 g/mol. The summed E-state index contributed by atoms with van der Waals surface area (Å²) in [5.74, 6) is 0.518. The van der Waals surface area contributed by atoms with Crippen LogP contribution < -0.4 is 0 Å². The van der Waals surface area contributed by atoms with E-state index in [1.165, 1.54) is 0 Å². The highest BCUT2D eigenvalue weighted by Gasteiger charge is 2.33. The second-order valence-corrected chi connectivity index (χ2v) is 7.27. The second kappa shape index (κ2) is 5.78. The molecule has 0 saturated heterocycles. The molecule has 3 aromatic carbocycles. The van der Waals surface area contributed by atoms with E-state index in [9.17, 15) is 9.59 Å². The number of ketones is 2. The van der Waals surface area contributed by atoms with E-state index < -0.39 is 0 Å². The van der Waals surface area contributed by atoms with Gasteiger partial charge in [0.2, 0.25) is 0 Å². The Morgan fingerprint density at radius 1 is 0.731 bits per heavy atom. The first-order valence-corrected chi connectivity index (χ1v) is 9.34. The largest absolute Gasteiger partial charge is 0.289 e. The molecule has 0 bridgehead atoms. The average molecular weight is 355 g/mol. The number of rotatable bonds is 1. The fourth-order valence-electron chi connectivity index (χ4n) is 3.47. The highest BCUT2D eigenvalue weighted by molar-refractivity contribution is 8.00. The van der Waals surface area contributed by atoms with Crippen molar-refractivity contribution < 1.29 is 9.59 Å². The van der Waals surface area contributed by atoms with Gasteiger partial charge in [0.15, 0.2) is 11.6 Å². The molecule has 4 heteroatoms. The molecule has 1 aliphatic heterocycles. The van der Waals surface area contributed by atoms with Gasteiger partial charge in [-0.3, -0.25) is 9.59 Å². The van der Waals surface area contributed by atoms with Crippen LogP contribution in [0.25, 0.3) is 0 Å². The normalized spacial score (nSPS) is 15.0. The molecular formula is C22H13NO2S. The molecular weight excluding hydrogens is 342 g/mol. The molecule has 0 radical (unpaired) electrons. The lowest BCUT2D eigenvalue weighted by Gasteiger charge is -2.23. The molecule has 1 aliphatic carbocycles. The minimum atomic E-state index is -0.120. The first-order chi connectivity index (χ1) is 12.7. The van der Waals surface area contributed by atoms with Gasteiger partial charge < -0.3 is 0 Å². The summed E-state index contributed by atoms with van der Waals surface area (Å²) in [6.45, 7) is 0. The van der Waals surface area contributed by atoms with Crippen molar-refractivity contribution in [3.63, 3.8) is 0 Å². The Kier molecular flexibility index (Phi) is 3.40. The summed E-state index contributed by atoms with van der Waals surface area (Å²) in [6.07, 6.45) is 0. The lowest BCUT2D eigenvalue weighted by atomic mass is 9.83. The van der Waals surface area contributed by atoms with Crippen molar-refractivity contribution in [3.8, 4) is 0 Å². The molecule has 0 N–H and O–H groups in total. The topological polar surface area (TPSA) is 46.5 Å². The van der Waals surface area contributed by atoms with Crippen molar-refractivity contribution in [1.29, 1.82) is 0 Å². The number of thioether (sulfide) groups is 1. The van der Waals surface area contributed by atoms with Crippen LogP contribution in [0, 0.1) is 0 Å². The number of hydrogen-bond donors (Lipinski definition) is 0. The Morgan fingerprint density at radius 3 is 2.19 bits per heavy atom. The first kappa shape index (κ1) is 15.3. The van der Waals surface area contributed by atoms with Crippen molar-refractivity contribution in [3.05, 3.63) is 94.5 Å². The highest BCUT2D eigenvalue weighted by atomic mass is 32.2. The van der Waals surface area contributed by atoms with E-state index in [-0.39, 0.29) is 11.6 Å². The van der Waals surface area contributed by atoms with E-state index in [0.29, 0.717) is 27.9 Å². The van der Waals surface area contributed by atoms with Gasteiger partial charge in [0, 0.05) is 27.3 Å². The first-order valence-electron chi connectivity index (χ1n) is 8.35. The van der Waals surface area contributed by atoms with E-state index in [0.717, 1.165) is 21.9 Å². The molecule has 0 aromatic heterocycles. The number of carbonyl (C=O) groups is 2. The van der Waals surface area contributed by atoms with Crippen LogP contribution in [-0.4, -0.2) is 23.0 Å². The Labute approximate surface area is 154 Å². The summed E-state index contributed by atoms with van der Waals surface area (Å²) >= 11 is 1.65. The Bertz CT molecular complexity index is 1120. The second-order valence-electron chi connectivity index (χ2n) is 6.25. The predicted molar refractivity (Wildman–Crippen MR) is 103 cm³/mol. The van der Waals surface area contributed by atoms with Crippen LogP contribution in [0.4, 0.5) is 5.69 Å². The molecule has 0 spiro atoms. The summed E-state index contributed by atoms with van der Waals surface area (Å²) in [5.41, 5.74) is 4.42. The van der Waals surface area contributed by atoms with Gasteiger partial charge in [-0.25, -0.2) is 4.99 Å². The van der Waals surface area contributed by atoms with Gasteiger partial charge in [0.25, 0.3) is 0 Å². The smallest absolute Gasteiger partial charge is 0.196 e. The van der Waals surface area contributed by atoms with Gasteiger partial charge in [-0.15, -0.1) is 11.8 Å². The van der Waals surface area contributed by atoms with Crippen molar-refractivity contribution >= 4 is 34.7 Å². The van der Waals surface area contributed by atoms with Crippen LogP contribution in [0.2, 0.25) is 0 Å². The van der Waals surface area contributed by atoms with Crippen LogP contribution in [0.15, 0.2) is 76.6 Å². The van der Waals surface area contributed by atoms with E-state index >= 15 is 0 Å². The summed E-state index contributed by atoms with van der Waals surface area (Å²) < 4.78 is 0. The van der Waals surface area contributed by atoms with E-state index in [2.05, 4.69) is 0 Å². The van der Waals surface area contributed by atoms with E-state index in [1.807, 2.05) is 36.4 Å². The molecule has 3 aromatic rings. The Morgan fingerprint density at radius 2 is 1.42 bits per heavy atom. The Hall–Kier alpha value is -2.98. The van der Waals surface area contributed by atoms with Crippen molar-refractivity contribution in [2.24, 2.45) is 4.99 Å². The molecule has 5 rings (SSSR count). The number of nitrogens with zero attached hydrogens (tertiary/aromatic N) is 1. The zero-order valence-corrected chi connectivity index (χ0v) is 14.5. The molecule has 0 atom stereocenters. The van der Waals surface area contributed by atoms with Crippen molar-refractivity contribution in [2.75, 3.05) is 5.75 Å². The van der Waals surface area contributed by atoms with E-state index in [1.54, 1.807) is 42.1 Å². The maximum absolute atomic E-state index is 13.1. The van der Waals surface area contributed by atoms with Gasteiger partial charge in [-0.2, -0.15) is 0 Å². The van der Waals surface area contributed by atoms with Crippen molar-refractivity contribution in [1.82, 2.24) is 0 Å². The average Bonchev–Trinajstić information content (AvgIpc) is 2.71. The number of carbonyl (C=O) groups excluding carboxylic acids is 2. The summed E-state index contributed by atoms with van der Waals surface area (Å²) in [5, 5.41) is 0. The zero-order valence-electron chi connectivity index (χ0n) is 13.7. The molecule has 1 heterocycles. The number of benzene rings is 3. The maximum Gasteiger partial charge on any atom is 0.196 e. The minimum absolute atomic E-state index is 0.106. The zero-order chi connectivity index (χ0) is 17.7. The fourth-order valence-corrected chi connectivity index (χ4v) is 4.44. The molecule has 2 aliphatic rings. The number of aliphatic imine (C=N–C) groups is 1. The maximum atomic E-state index is 13.1. The van der Waals surface area contributed by atoms with Gasteiger partial charge in [-0.1, -0.05) is 54.6 Å². The summed E-state index contributed by atoms with van der Waals surface area (Å²) in [7, 11) is 0. The fraction of sp³-hybridized carbons (Fsp3) is 0.0455. The van der Waals surface area contributed by atoms with Crippen molar-refractivity contribution in [2.45, 2.75) is 4.90 Å². The third-order valence-corrected chi connectivity index (χ3v) is 5.81. The quantitative estimate of drug-likeness (QED) is 0.498. The molecule has 26 heavy (non-hydrogen) atoms. The van der Waals surface area contributed by atoms with Gasteiger partial charge in [0.1, 0.15) is 0 Å². The Balaban J connectivity index is 1.74. The summed E-state index contributed by atoms with van der Waals surface area (Å²) in [4.78, 5) is 31.8. The molecule has 0 fully saturated rings. The molecule has 124 valence electrons. The molecule has 0 unspecified atom stereocenters. The third kappa shape index (κ3) is 2.19. The van der Waals surface area contributed by atoms with Gasteiger partial charge >= 0.3 is 0 Å². The molecule has 3 nitrogen and oxygen atoms in total. The lowest BCUT2D eigenvalue weighted by Crippen LogP contribution is -2.22. The SMILES string of the molecule is O=C1c2ccccc2C(=O)c2c1ccc1c2N=C(c2ccccc2)CS1. The summed E-state index contributed by atoms with van der Waals surface area (Å²) in [6, 6.07) is 20.6. The number of hydrogen-bond acceptors (Lipinski definition) is 4. The number of fused-ring (bicyclic) bond motifs is 4. The van der Waals surface area contributed by atoms with Crippen LogP contribution in [0.3, 0.4) is 0 Å². The molecule has 0 amide bonds. The van der Waals surface area contributed by atoms with Crippen LogP contribution >= 0.6 is 11.8 Å². The van der Waals surface area contributed by atoms with Crippen LogP contribution in [0.1, 0.15) is 37.4 Å².